The third-order valence-electron chi connectivity index (χ3n) is 10.7. The summed E-state index contributed by atoms with van der Waals surface area (Å²) >= 11 is 0. The van der Waals surface area contributed by atoms with E-state index in [-0.39, 0.29) is 11.6 Å². The lowest BCUT2D eigenvalue weighted by Crippen LogP contribution is -2.68. The van der Waals surface area contributed by atoms with Gasteiger partial charge in [0.25, 0.3) is 0 Å². The number of nitrogens with zero attached hydrogens (tertiary/aromatic N) is 5. The smallest absolute Gasteiger partial charge is 0.317 e. The molecule has 3 aromatic rings. The molecule has 0 saturated carbocycles. The predicted octanol–water partition coefficient (Wildman–Crippen LogP) is 4.11. The molecule has 6 heterocycles. The Kier molecular flexibility index (Phi) is 6.12. The molecule has 0 radical (unpaired) electrons. The van der Waals surface area contributed by atoms with Crippen LogP contribution in [-0.4, -0.2) is 81.6 Å². The summed E-state index contributed by atoms with van der Waals surface area (Å²) < 4.78 is 20.9. The van der Waals surface area contributed by atoms with Gasteiger partial charge in [0, 0.05) is 55.4 Å². The number of ether oxygens (including phenoxy) is 1. The van der Waals surface area contributed by atoms with Crippen LogP contribution in [0, 0.1) is 0 Å². The van der Waals surface area contributed by atoms with Gasteiger partial charge in [0.1, 0.15) is 18.3 Å². The van der Waals surface area contributed by atoms with Gasteiger partial charge < -0.3 is 15.0 Å². The molecule has 8 nitrogen and oxygen atoms in total. The van der Waals surface area contributed by atoms with E-state index in [1.807, 2.05) is 12.4 Å². The Labute approximate surface area is 245 Å². The fourth-order valence-corrected chi connectivity index (χ4v) is 8.59. The number of carbonyl (C=O) groups excluding carboxylic acids is 1. The molecule has 2 aromatic heterocycles. The number of hydrogen-bond donors (Lipinski definition) is 1. The average Bonchev–Trinajstić information content (AvgIpc) is 3.61. The fraction of sp³-hybridized carbons (Fsp3) is 0.515. The van der Waals surface area contributed by atoms with E-state index in [0.717, 1.165) is 79.2 Å². The zero-order chi connectivity index (χ0) is 28.5. The van der Waals surface area contributed by atoms with E-state index in [1.165, 1.54) is 24.0 Å². The van der Waals surface area contributed by atoms with E-state index < -0.39 is 11.7 Å². The van der Waals surface area contributed by atoms with E-state index in [1.54, 1.807) is 0 Å². The summed E-state index contributed by atoms with van der Waals surface area (Å²) in [7, 11) is 0. The fourth-order valence-electron chi connectivity index (χ4n) is 8.59. The zero-order valence-electron chi connectivity index (χ0n) is 23.9. The van der Waals surface area contributed by atoms with Crippen molar-refractivity contribution >= 4 is 17.2 Å². The third-order valence-corrected chi connectivity index (χ3v) is 10.7. The first-order chi connectivity index (χ1) is 20.5. The topological polar surface area (TPSA) is 83.5 Å². The number of alkyl halides is 1. The summed E-state index contributed by atoms with van der Waals surface area (Å²) in [6, 6.07) is 6.88. The highest BCUT2D eigenvalue weighted by molar-refractivity contribution is 5.88. The molecule has 0 bridgehead atoms. The summed E-state index contributed by atoms with van der Waals surface area (Å²) in [5.41, 5.74) is 6.31. The van der Waals surface area contributed by atoms with Crippen molar-refractivity contribution in [2.45, 2.75) is 74.7 Å². The van der Waals surface area contributed by atoms with Crippen molar-refractivity contribution in [1.29, 1.82) is 0 Å². The largest absolute Gasteiger partial charge is 0.461 e. The Morgan fingerprint density at radius 2 is 2.10 bits per heavy atom. The van der Waals surface area contributed by atoms with Crippen molar-refractivity contribution in [3.8, 4) is 17.1 Å². The van der Waals surface area contributed by atoms with Gasteiger partial charge in [-0.1, -0.05) is 18.7 Å². The molecule has 42 heavy (non-hydrogen) atoms. The van der Waals surface area contributed by atoms with Crippen LogP contribution in [0.5, 0.6) is 6.01 Å². The minimum absolute atomic E-state index is 0.149. The van der Waals surface area contributed by atoms with Crippen LogP contribution in [-0.2, 0) is 23.2 Å². The van der Waals surface area contributed by atoms with Crippen molar-refractivity contribution < 1.29 is 13.9 Å². The molecule has 8 rings (SSSR count). The van der Waals surface area contributed by atoms with Gasteiger partial charge in [-0.15, -0.1) is 0 Å². The number of carbonyl (C=O) groups is 1. The molecule has 4 atom stereocenters. The van der Waals surface area contributed by atoms with Gasteiger partial charge in [0.15, 0.2) is 6.29 Å². The Hall–Kier alpha value is -3.43. The molecule has 4 aliphatic heterocycles. The van der Waals surface area contributed by atoms with Crippen molar-refractivity contribution in [3.05, 3.63) is 59.7 Å². The number of benzene rings is 1. The second-order valence-corrected chi connectivity index (χ2v) is 12.9. The number of allylic oxidation sites excluding steroid dienone is 1. The highest BCUT2D eigenvalue weighted by Crippen LogP contribution is 2.48. The second-order valence-electron chi connectivity index (χ2n) is 12.9. The summed E-state index contributed by atoms with van der Waals surface area (Å²) in [5, 5.41) is 4.52. The maximum atomic E-state index is 14.5. The zero-order valence-corrected chi connectivity index (χ0v) is 23.9. The van der Waals surface area contributed by atoms with Gasteiger partial charge in [-0.2, -0.15) is 9.97 Å². The molecule has 1 aromatic carbocycles. The Balaban J connectivity index is 1.25. The number of aryl methyl sites for hydroxylation is 1. The number of hydrogen-bond acceptors (Lipinski definition) is 8. The van der Waals surface area contributed by atoms with Crippen LogP contribution < -0.4 is 10.1 Å². The first kappa shape index (κ1) is 26.2. The van der Waals surface area contributed by atoms with Gasteiger partial charge in [-0.3, -0.25) is 14.7 Å². The van der Waals surface area contributed by atoms with Crippen LogP contribution in [0.1, 0.15) is 55.3 Å². The summed E-state index contributed by atoms with van der Waals surface area (Å²) in [5.74, 6) is 0. The van der Waals surface area contributed by atoms with Crippen LogP contribution in [0.25, 0.3) is 22.0 Å². The molecular formula is C33H37FN6O2. The minimum atomic E-state index is -0.822. The van der Waals surface area contributed by atoms with Crippen LogP contribution in [0.4, 0.5) is 4.39 Å². The lowest BCUT2D eigenvalue weighted by atomic mass is 9.78. The molecule has 4 fully saturated rings. The summed E-state index contributed by atoms with van der Waals surface area (Å²) in [4.78, 5) is 30.9. The Morgan fingerprint density at radius 1 is 1.19 bits per heavy atom. The van der Waals surface area contributed by atoms with Gasteiger partial charge in [-0.25, -0.2) is 4.39 Å². The molecule has 5 aliphatic rings. The first-order valence-corrected chi connectivity index (χ1v) is 15.5. The van der Waals surface area contributed by atoms with E-state index in [2.05, 4.69) is 44.9 Å². The number of fused-ring (bicyclic) bond motifs is 4. The van der Waals surface area contributed by atoms with Crippen LogP contribution in [0.3, 0.4) is 0 Å². The number of rotatable bonds is 7. The molecule has 1 aliphatic carbocycles. The summed E-state index contributed by atoms with van der Waals surface area (Å²) in [6.45, 7) is 7.23. The first-order valence-electron chi connectivity index (χ1n) is 15.5. The number of aldehydes is 1. The van der Waals surface area contributed by atoms with Crippen molar-refractivity contribution in [2.24, 2.45) is 0 Å². The van der Waals surface area contributed by atoms with Crippen LogP contribution in [0.2, 0.25) is 0 Å². The van der Waals surface area contributed by atoms with Gasteiger partial charge >= 0.3 is 6.01 Å². The number of halogens is 1. The van der Waals surface area contributed by atoms with Crippen LogP contribution >= 0.6 is 0 Å². The number of likely N-dealkylation sites (tertiary alicyclic amines) is 1. The standard InChI is InChI=1S/C33H37FN6O2/c1-21(18-41)40-12-9-29-33(40,19-36-29)30-26-8-7-22(27-16-35-15-23-5-2-3-6-25(23)27)13-28(26)37-31(38-30)42-20-32-10-4-11-39(32)17-24(34)14-32/h7-8,13,15-16,18,24,29,36H,1-6,9-12,14,17,19-20H2/t24-,29?,32+,33?/m1/s1. The lowest BCUT2D eigenvalue weighted by molar-refractivity contribution is -0.107. The number of nitrogens with one attached hydrogen (secondary N) is 1. The molecule has 2 unspecified atom stereocenters. The van der Waals surface area contributed by atoms with E-state index in [9.17, 15) is 9.18 Å². The maximum Gasteiger partial charge on any atom is 0.317 e. The van der Waals surface area contributed by atoms with Gasteiger partial charge in [-0.05, 0) is 74.2 Å². The number of aromatic nitrogens is 3. The van der Waals surface area contributed by atoms with E-state index in [0.29, 0.717) is 37.8 Å². The van der Waals surface area contributed by atoms with Crippen molar-refractivity contribution in [1.82, 2.24) is 30.1 Å². The normalized spacial score (nSPS) is 30.1. The van der Waals surface area contributed by atoms with E-state index >= 15 is 0 Å². The Bertz CT molecular complexity index is 1600. The van der Waals surface area contributed by atoms with Gasteiger partial charge in [0.05, 0.1) is 22.4 Å². The monoisotopic (exact) mass is 568 g/mol. The molecule has 0 amide bonds. The number of pyridine rings is 1. The third kappa shape index (κ3) is 3.85. The Morgan fingerprint density at radius 3 is 2.95 bits per heavy atom. The molecular weight excluding hydrogens is 531 g/mol. The van der Waals surface area contributed by atoms with Gasteiger partial charge in [0.2, 0.25) is 0 Å². The quantitative estimate of drug-likeness (QED) is 0.337. The van der Waals surface area contributed by atoms with Crippen molar-refractivity contribution in [3.63, 3.8) is 0 Å². The minimum Gasteiger partial charge on any atom is -0.461 e. The predicted molar refractivity (Wildman–Crippen MR) is 158 cm³/mol. The molecule has 1 N–H and O–H groups in total. The molecule has 9 heteroatoms. The van der Waals surface area contributed by atoms with Crippen molar-refractivity contribution in [2.75, 3.05) is 32.8 Å². The SMILES string of the molecule is C=C(C=O)N1CCC2NCC21c1nc(OC[C@@]23CCCN2C[C@H](F)C3)nc2cc(-c3cncc4c3CCCC4)ccc12. The molecule has 0 spiro atoms. The summed E-state index contributed by atoms with van der Waals surface area (Å²) in [6.07, 6.45) is 11.9. The van der Waals surface area contributed by atoms with E-state index in [4.69, 9.17) is 14.7 Å². The second kappa shape index (κ2) is 9.81. The maximum absolute atomic E-state index is 14.5. The lowest BCUT2D eigenvalue weighted by Gasteiger charge is -2.51. The van der Waals surface area contributed by atoms with Crippen LogP contribution in [0.15, 0.2) is 42.9 Å². The highest BCUT2D eigenvalue weighted by atomic mass is 19.1. The molecule has 4 saturated heterocycles. The average molecular weight is 569 g/mol. The molecule has 218 valence electrons. The highest BCUT2D eigenvalue weighted by Gasteiger charge is 2.58.